The van der Waals surface area contributed by atoms with E-state index in [4.69, 9.17) is 14.7 Å². The minimum atomic E-state index is -0.395. The van der Waals surface area contributed by atoms with Gasteiger partial charge in [0.15, 0.2) is 0 Å². The fourth-order valence-electron chi connectivity index (χ4n) is 1.30. The fourth-order valence-corrected chi connectivity index (χ4v) is 1.30. The lowest BCUT2D eigenvalue weighted by atomic mass is 10.1. The van der Waals surface area contributed by atoms with E-state index < -0.39 is 5.97 Å². The first-order valence-electron chi connectivity index (χ1n) is 5.60. The third kappa shape index (κ3) is 5.28. The monoisotopic (exact) mass is 245 g/mol. The predicted octanol–water partition coefficient (Wildman–Crippen LogP) is 2.15. The second-order valence-electron chi connectivity index (χ2n) is 3.58. The Morgan fingerprint density at radius 3 is 3.00 bits per heavy atom. The summed E-state index contributed by atoms with van der Waals surface area (Å²) in [7, 11) is 1.60. The number of hydrogen-bond donors (Lipinski definition) is 0. The first-order chi connectivity index (χ1) is 8.76. The second-order valence-corrected chi connectivity index (χ2v) is 3.58. The topological polar surface area (TPSA) is 59.3 Å². The molecule has 0 radical (unpaired) electrons. The molecule has 0 saturated heterocycles. The summed E-state index contributed by atoms with van der Waals surface area (Å²) in [4.78, 5) is 11.3. The highest BCUT2D eigenvalue weighted by Gasteiger charge is 1.97. The molecule has 0 saturated carbocycles. The summed E-state index contributed by atoms with van der Waals surface area (Å²) in [6.45, 7) is 0.913. The minimum absolute atomic E-state index is 0.343. The molecule has 1 aromatic rings. The molecular weight excluding hydrogens is 230 g/mol. The zero-order valence-electron chi connectivity index (χ0n) is 10.3. The summed E-state index contributed by atoms with van der Waals surface area (Å²) >= 11 is 0. The van der Waals surface area contributed by atoms with Gasteiger partial charge in [0.1, 0.15) is 0 Å². The maximum Gasteiger partial charge on any atom is 0.330 e. The number of rotatable bonds is 6. The van der Waals surface area contributed by atoms with Crippen molar-refractivity contribution in [1.29, 1.82) is 5.26 Å². The SMILES string of the molecule is COCCCOC(=O)/C=C/c1cccc(C#N)c1. The van der Waals surface area contributed by atoms with Crippen LogP contribution in [0.25, 0.3) is 6.08 Å². The standard InChI is InChI=1S/C14H15NO3/c1-17-8-3-9-18-14(16)7-6-12-4-2-5-13(10-12)11-15/h2,4-7,10H,3,8-9H2,1H3/b7-6+. The number of nitriles is 1. The van der Waals surface area contributed by atoms with E-state index in [1.165, 1.54) is 6.08 Å². The Morgan fingerprint density at radius 1 is 1.44 bits per heavy atom. The van der Waals surface area contributed by atoms with Crippen LogP contribution in [0, 0.1) is 11.3 Å². The van der Waals surface area contributed by atoms with E-state index in [1.54, 1.807) is 31.4 Å². The van der Waals surface area contributed by atoms with Crippen molar-refractivity contribution in [3.8, 4) is 6.07 Å². The number of carbonyl (C=O) groups is 1. The highest BCUT2D eigenvalue weighted by molar-refractivity contribution is 5.87. The summed E-state index contributed by atoms with van der Waals surface area (Å²) in [6.07, 6.45) is 3.66. The molecule has 4 heteroatoms. The van der Waals surface area contributed by atoms with Gasteiger partial charge >= 0.3 is 5.97 Å². The van der Waals surface area contributed by atoms with Crippen molar-refractivity contribution in [3.63, 3.8) is 0 Å². The lowest BCUT2D eigenvalue weighted by molar-refractivity contribution is -0.138. The number of nitrogens with zero attached hydrogens (tertiary/aromatic N) is 1. The van der Waals surface area contributed by atoms with E-state index in [1.807, 2.05) is 12.1 Å². The van der Waals surface area contributed by atoms with Gasteiger partial charge in [0, 0.05) is 26.2 Å². The summed E-state index contributed by atoms with van der Waals surface area (Å²) in [6, 6.07) is 9.03. The highest BCUT2D eigenvalue weighted by atomic mass is 16.5. The number of methoxy groups -OCH3 is 1. The van der Waals surface area contributed by atoms with E-state index in [9.17, 15) is 4.79 Å². The molecule has 1 rings (SSSR count). The van der Waals surface area contributed by atoms with Gasteiger partial charge in [0.2, 0.25) is 0 Å². The molecule has 0 amide bonds. The van der Waals surface area contributed by atoms with Crippen LogP contribution in [0.1, 0.15) is 17.5 Å². The Bertz CT molecular complexity index is 460. The smallest absolute Gasteiger partial charge is 0.330 e. The third-order valence-electron chi connectivity index (χ3n) is 2.16. The van der Waals surface area contributed by atoms with Gasteiger partial charge in [-0.25, -0.2) is 4.79 Å². The van der Waals surface area contributed by atoms with Crippen LogP contribution in [0.15, 0.2) is 30.3 Å². The molecule has 0 fully saturated rings. The van der Waals surface area contributed by atoms with Crippen LogP contribution in [0.2, 0.25) is 0 Å². The Hall–Kier alpha value is -2.12. The van der Waals surface area contributed by atoms with Gasteiger partial charge in [-0.2, -0.15) is 5.26 Å². The van der Waals surface area contributed by atoms with Gasteiger partial charge in [0.25, 0.3) is 0 Å². The predicted molar refractivity (Wildman–Crippen MR) is 67.6 cm³/mol. The van der Waals surface area contributed by atoms with Crippen molar-refractivity contribution in [2.45, 2.75) is 6.42 Å². The second kappa shape index (κ2) is 8.04. The van der Waals surface area contributed by atoms with Crippen molar-refractivity contribution in [1.82, 2.24) is 0 Å². The molecule has 0 atom stereocenters. The maximum atomic E-state index is 11.3. The van der Waals surface area contributed by atoms with Crippen LogP contribution in [-0.4, -0.2) is 26.3 Å². The zero-order chi connectivity index (χ0) is 13.2. The molecule has 0 bridgehead atoms. The first-order valence-corrected chi connectivity index (χ1v) is 5.60. The molecule has 0 N–H and O–H groups in total. The molecule has 0 aliphatic rings. The number of benzene rings is 1. The third-order valence-corrected chi connectivity index (χ3v) is 2.16. The average Bonchev–Trinajstić information content (AvgIpc) is 2.41. The lowest BCUT2D eigenvalue weighted by Crippen LogP contribution is -2.04. The van der Waals surface area contributed by atoms with Crippen LogP contribution in [-0.2, 0) is 14.3 Å². The number of esters is 1. The first kappa shape index (κ1) is 13.9. The summed E-state index contributed by atoms with van der Waals surface area (Å²) in [5, 5.41) is 8.73. The molecule has 94 valence electrons. The van der Waals surface area contributed by atoms with Crippen molar-refractivity contribution in [2.75, 3.05) is 20.3 Å². The fraction of sp³-hybridized carbons (Fsp3) is 0.286. The quantitative estimate of drug-likeness (QED) is 0.437. The van der Waals surface area contributed by atoms with Crippen LogP contribution in [0.4, 0.5) is 0 Å². The molecule has 0 spiro atoms. The Morgan fingerprint density at radius 2 is 2.28 bits per heavy atom. The summed E-state index contributed by atoms with van der Waals surface area (Å²) in [5.41, 5.74) is 1.36. The van der Waals surface area contributed by atoms with E-state index >= 15 is 0 Å². The highest BCUT2D eigenvalue weighted by Crippen LogP contribution is 2.06. The van der Waals surface area contributed by atoms with Crippen LogP contribution in [0.3, 0.4) is 0 Å². The van der Waals surface area contributed by atoms with Gasteiger partial charge < -0.3 is 9.47 Å². The number of carbonyl (C=O) groups excluding carboxylic acids is 1. The molecule has 0 unspecified atom stereocenters. The van der Waals surface area contributed by atoms with E-state index in [-0.39, 0.29) is 0 Å². The van der Waals surface area contributed by atoms with Gasteiger partial charge in [-0.1, -0.05) is 12.1 Å². The van der Waals surface area contributed by atoms with Crippen LogP contribution < -0.4 is 0 Å². The van der Waals surface area contributed by atoms with Crippen molar-refractivity contribution < 1.29 is 14.3 Å². The van der Waals surface area contributed by atoms with E-state index in [0.29, 0.717) is 25.2 Å². The molecule has 0 aromatic heterocycles. The normalized spacial score (nSPS) is 10.2. The molecule has 1 aromatic carbocycles. The van der Waals surface area contributed by atoms with Gasteiger partial charge in [0.05, 0.1) is 18.2 Å². The van der Waals surface area contributed by atoms with Crippen LogP contribution in [0.5, 0.6) is 0 Å². The van der Waals surface area contributed by atoms with Crippen molar-refractivity contribution in [3.05, 3.63) is 41.5 Å². The van der Waals surface area contributed by atoms with Crippen molar-refractivity contribution >= 4 is 12.0 Å². The Kier molecular flexibility index (Phi) is 6.23. The number of hydrogen-bond acceptors (Lipinski definition) is 4. The van der Waals surface area contributed by atoms with E-state index in [0.717, 1.165) is 5.56 Å². The molecule has 4 nitrogen and oxygen atoms in total. The van der Waals surface area contributed by atoms with Gasteiger partial charge in [-0.05, 0) is 23.8 Å². The van der Waals surface area contributed by atoms with Gasteiger partial charge in [-0.3, -0.25) is 0 Å². The van der Waals surface area contributed by atoms with Crippen LogP contribution >= 0.6 is 0 Å². The average molecular weight is 245 g/mol. The molecule has 0 aliphatic heterocycles. The molecule has 0 aliphatic carbocycles. The number of ether oxygens (including phenoxy) is 2. The minimum Gasteiger partial charge on any atom is -0.462 e. The maximum absolute atomic E-state index is 11.3. The molecular formula is C14H15NO3. The van der Waals surface area contributed by atoms with Gasteiger partial charge in [-0.15, -0.1) is 0 Å². The largest absolute Gasteiger partial charge is 0.462 e. The molecule has 0 heterocycles. The summed E-state index contributed by atoms with van der Waals surface area (Å²) < 4.78 is 9.79. The van der Waals surface area contributed by atoms with Crippen molar-refractivity contribution in [2.24, 2.45) is 0 Å². The lowest BCUT2D eigenvalue weighted by Gasteiger charge is -2.00. The molecule has 18 heavy (non-hydrogen) atoms. The Labute approximate surface area is 106 Å². The van der Waals surface area contributed by atoms with E-state index in [2.05, 4.69) is 0 Å². The summed E-state index contributed by atoms with van der Waals surface area (Å²) in [5.74, 6) is -0.395. The zero-order valence-corrected chi connectivity index (χ0v) is 10.3. The Balaban J connectivity index is 2.43.